The number of carbonyl (C=O) groups excluding carboxylic acids is 1. The van der Waals surface area contributed by atoms with Gasteiger partial charge in [-0.15, -0.1) is 0 Å². The van der Waals surface area contributed by atoms with Crippen LogP contribution in [0.5, 0.6) is 0 Å². The maximum Gasteiger partial charge on any atom is 0.183 e. The van der Waals surface area contributed by atoms with Crippen molar-refractivity contribution in [3.05, 3.63) is 30.3 Å². The summed E-state index contributed by atoms with van der Waals surface area (Å²) < 4.78 is 0. The molecular weight excluding hydrogens is 222 g/mol. The van der Waals surface area contributed by atoms with Crippen LogP contribution in [0.4, 0.5) is 5.69 Å². The van der Waals surface area contributed by atoms with E-state index in [9.17, 15) is 4.79 Å². The average molecular weight is 241 g/mol. The molecule has 2 aliphatic carbocycles. The molecule has 0 N–H and O–H groups in total. The molecule has 0 heterocycles. The van der Waals surface area contributed by atoms with Gasteiger partial charge in [0, 0.05) is 11.3 Å². The van der Waals surface area contributed by atoms with E-state index in [1.165, 1.54) is 0 Å². The van der Waals surface area contributed by atoms with Crippen molar-refractivity contribution in [2.24, 2.45) is 21.7 Å². The molecule has 0 amide bonds. The van der Waals surface area contributed by atoms with Crippen molar-refractivity contribution in [1.29, 1.82) is 0 Å². The zero-order valence-corrected chi connectivity index (χ0v) is 11.2. The highest BCUT2D eigenvalue weighted by molar-refractivity contribution is 6.46. The Bertz CT molecular complexity index is 529. The van der Waals surface area contributed by atoms with E-state index in [0.29, 0.717) is 5.92 Å². The number of fused-ring (bicyclic) bond motifs is 2. The second-order valence-corrected chi connectivity index (χ2v) is 6.31. The molecular formula is C16H19NO. The molecule has 0 unspecified atom stereocenters. The first-order chi connectivity index (χ1) is 8.47. The van der Waals surface area contributed by atoms with Crippen LogP contribution < -0.4 is 0 Å². The molecule has 3 rings (SSSR count). The van der Waals surface area contributed by atoms with Gasteiger partial charge in [-0.2, -0.15) is 0 Å². The molecule has 2 heteroatoms. The van der Waals surface area contributed by atoms with Crippen molar-refractivity contribution < 1.29 is 4.79 Å². The zero-order chi connectivity index (χ0) is 13.0. The molecule has 18 heavy (non-hydrogen) atoms. The maximum absolute atomic E-state index is 12.6. The van der Waals surface area contributed by atoms with Crippen molar-refractivity contribution in [2.75, 3.05) is 0 Å². The van der Waals surface area contributed by atoms with Gasteiger partial charge < -0.3 is 0 Å². The molecule has 0 spiro atoms. The van der Waals surface area contributed by atoms with E-state index >= 15 is 0 Å². The number of benzene rings is 1. The molecule has 0 aliphatic heterocycles. The van der Waals surface area contributed by atoms with Crippen LogP contribution >= 0.6 is 0 Å². The van der Waals surface area contributed by atoms with Crippen molar-refractivity contribution in [3.8, 4) is 0 Å². The van der Waals surface area contributed by atoms with Gasteiger partial charge in [0.05, 0.1) is 11.4 Å². The Morgan fingerprint density at radius 2 is 1.83 bits per heavy atom. The third kappa shape index (κ3) is 1.29. The summed E-state index contributed by atoms with van der Waals surface area (Å²) in [6.45, 7) is 6.55. The lowest BCUT2D eigenvalue weighted by Crippen LogP contribution is -2.33. The van der Waals surface area contributed by atoms with E-state index in [2.05, 4.69) is 25.8 Å². The molecule has 2 bridgehead atoms. The van der Waals surface area contributed by atoms with Gasteiger partial charge in [-0.3, -0.25) is 4.79 Å². The number of para-hydroxylation sites is 1. The molecule has 1 aromatic rings. The van der Waals surface area contributed by atoms with Crippen LogP contribution in [0.3, 0.4) is 0 Å². The third-order valence-electron chi connectivity index (χ3n) is 5.30. The molecule has 1 aromatic carbocycles. The minimum atomic E-state index is -0.203. The van der Waals surface area contributed by atoms with Crippen LogP contribution in [0.1, 0.15) is 33.6 Å². The van der Waals surface area contributed by atoms with Crippen molar-refractivity contribution in [1.82, 2.24) is 0 Å². The Morgan fingerprint density at radius 1 is 1.17 bits per heavy atom. The van der Waals surface area contributed by atoms with Crippen LogP contribution in [0.2, 0.25) is 0 Å². The average Bonchev–Trinajstić information content (AvgIpc) is 2.65. The van der Waals surface area contributed by atoms with Crippen LogP contribution in [0.25, 0.3) is 0 Å². The monoisotopic (exact) mass is 241 g/mol. The summed E-state index contributed by atoms with van der Waals surface area (Å²) in [7, 11) is 0. The Hall–Kier alpha value is -1.44. The van der Waals surface area contributed by atoms with Gasteiger partial charge in [-0.1, -0.05) is 39.0 Å². The Labute approximate surface area is 108 Å². The predicted molar refractivity (Wildman–Crippen MR) is 73.2 cm³/mol. The highest BCUT2D eigenvalue weighted by Crippen LogP contribution is 2.62. The second kappa shape index (κ2) is 3.53. The quantitative estimate of drug-likeness (QED) is 0.735. The molecule has 2 nitrogen and oxygen atoms in total. The number of hydrogen-bond acceptors (Lipinski definition) is 2. The minimum absolute atomic E-state index is 0.0533. The minimum Gasteiger partial charge on any atom is -0.292 e. The lowest BCUT2D eigenvalue weighted by molar-refractivity contribution is -0.123. The Kier molecular flexibility index (Phi) is 2.28. The highest BCUT2D eigenvalue weighted by atomic mass is 16.1. The van der Waals surface area contributed by atoms with Crippen LogP contribution in [0, 0.1) is 16.7 Å². The fraction of sp³-hybridized carbons (Fsp3) is 0.500. The summed E-state index contributed by atoms with van der Waals surface area (Å²) in [5.74, 6) is 0.600. The predicted octanol–water partition coefficient (Wildman–Crippen LogP) is 3.78. The van der Waals surface area contributed by atoms with E-state index in [1.807, 2.05) is 30.3 Å². The van der Waals surface area contributed by atoms with Gasteiger partial charge in [0.25, 0.3) is 0 Å². The third-order valence-corrected chi connectivity index (χ3v) is 5.30. The zero-order valence-electron chi connectivity index (χ0n) is 11.2. The molecule has 0 aromatic heterocycles. The molecule has 2 atom stereocenters. The fourth-order valence-corrected chi connectivity index (χ4v) is 3.60. The second-order valence-electron chi connectivity index (χ2n) is 6.31. The maximum atomic E-state index is 12.6. The van der Waals surface area contributed by atoms with Crippen molar-refractivity contribution >= 4 is 17.2 Å². The molecule has 2 saturated carbocycles. The number of carbonyl (C=O) groups is 1. The number of nitrogens with zero attached hydrogens (tertiary/aromatic N) is 1. The van der Waals surface area contributed by atoms with E-state index in [1.54, 1.807) is 0 Å². The normalized spacial score (nSPS) is 35.4. The molecule has 2 fully saturated rings. The topological polar surface area (TPSA) is 29.4 Å². The number of rotatable bonds is 1. The van der Waals surface area contributed by atoms with E-state index in [4.69, 9.17) is 0 Å². The standard InChI is InChI=1S/C16H19NO/c1-15(2)12-9-10-16(15,3)14(18)13(12)17-11-7-5-4-6-8-11/h4-8,12H,9-10H2,1-3H3/t12-,16-/m1/s1. The smallest absolute Gasteiger partial charge is 0.183 e. The molecule has 0 radical (unpaired) electrons. The van der Waals surface area contributed by atoms with Crippen LogP contribution in [0.15, 0.2) is 35.3 Å². The molecule has 0 saturated heterocycles. The largest absolute Gasteiger partial charge is 0.292 e. The van der Waals surface area contributed by atoms with Gasteiger partial charge in [-0.05, 0) is 30.4 Å². The SMILES string of the molecule is CC1(C)[C@@H]2CC[C@]1(C)C(=O)C2=Nc1ccccc1. The summed E-state index contributed by atoms with van der Waals surface area (Å²) in [5, 5.41) is 0. The van der Waals surface area contributed by atoms with Gasteiger partial charge in [0.15, 0.2) is 5.78 Å². The van der Waals surface area contributed by atoms with Gasteiger partial charge >= 0.3 is 0 Å². The summed E-state index contributed by atoms with van der Waals surface area (Å²) in [5.41, 5.74) is 1.55. The number of hydrogen-bond donors (Lipinski definition) is 0. The molecule has 2 aliphatic rings. The Morgan fingerprint density at radius 3 is 2.39 bits per heavy atom. The molecule has 94 valence electrons. The summed E-state index contributed by atoms with van der Waals surface area (Å²) in [6.07, 6.45) is 2.11. The highest BCUT2D eigenvalue weighted by Gasteiger charge is 2.64. The van der Waals surface area contributed by atoms with Gasteiger partial charge in [0.1, 0.15) is 0 Å². The van der Waals surface area contributed by atoms with Crippen LogP contribution in [-0.4, -0.2) is 11.5 Å². The number of ketones is 1. The van der Waals surface area contributed by atoms with E-state index in [-0.39, 0.29) is 16.6 Å². The Balaban J connectivity index is 2.07. The first kappa shape index (κ1) is 11.6. The first-order valence-corrected chi connectivity index (χ1v) is 6.65. The van der Waals surface area contributed by atoms with Crippen molar-refractivity contribution in [2.45, 2.75) is 33.6 Å². The summed E-state index contributed by atoms with van der Waals surface area (Å²) in [4.78, 5) is 17.2. The van der Waals surface area contributed by atoms with E-state index in [0.717, 1.165) is 24.2 Å². The number of Topliss-reactive ketones (excluding diaryl/α,β-unsaturated/α-hetero) is 1. The summed E-state index contributed by atoms with van der Waals surface area (Å²) in [6, 6.07) is 9.81. The number of aliphatic imine (C=N–C) groups is 1. The van der Waals surface area contributed by atoms with Gasteiger partial charge in [-0.25, -0.2) is 4.99 Å². The lowest BCUT2D eigenvalue weighted by atomic mass is 9.70. The fourth-order valence-electron chi connectivity index (χ4n) is 3.60. The van der Waals surface area contributed by atoms with Crippen LogP contribution in [-0.2, 0) is 4.79 Å². The van der Waals surface area contributed by atoms with Gasteiger partial charge in [0.2, 0.25) is 0 Å². The lowest BCUT2D eigenvalue weighted by Gasteiger charge is -2.31. The summed E-state index contributed by atoms with van der Waals surface area (Å²) >= 11 is 0. The van der Waals surface area contributed by atoms with Crippen molar-refractivity contribution in [3.63, 3.8) is 0 Å². The first-order valence-electron chi connectivity index (χ1n) is 6.65. The van der Waals surface area contributed by atoms with E-state index < -0.39 is 0 Å².